The van der Waals surface area contributed by atoms with Crippen LogP contribution in [0.3, 0.4) is 0 Å². The lowest BCUT2D eigenvalue weighted by molar-refractivity contribution is 0.893. The van der Waals surface area contributed by atoms with Crippen LogP contribution in [0.15, 0.2) is 0 Å². The molecule has 0 rings (SSSR count). The molecule has 1 unspecified atom stereocenters. The Morgan fingerprint density at radius 1 is 1.44 bits per heavy atom. The van der Waals surface area contributed by atoms with Crippen molar-refractivity contribution in [3.63, 3.8) is 0 Å². The highest BCUT2D eigenvalue weighted by Crippen LogP contribution is 2.18. The third-order valence-corrected chi connectivity index (χ3v) is 3.21. The van der Waals surface area contributed by atoms with Crippen molar-refractivity contribution in [2.75, 3.05) is 5.75 Å². The van der Waals surface area contributed by atoms with E-state index >= 15 is 0 Å². The summed E-state index contributed by atoms with van der Waals surface area (Å²) in [7, 11) is 0. The maximum atomic E-state index is 4.37. The van der Waals surface area contributed by atoms with E-state index < -0.39 is 0 Å². The fourth-order valence-corrected chi connectivity index (χ4v) is 1.76. The topological polar surface area (TPSA) is 0 Å². The average Bonchev–Trinajstić information content (AvgIpc) is 1.89. The van der Waals surface area contributed by atoms with Crippen molar-refractivity contribution in [3.8, 4) is 0 Å². The summed E-state index contributed by atoms with van der Waals surface area (Å²) in [4.78, 5) is 0. The van der Waals surface area contributed by atoms with Crippen molar-refractivity contribution in [2.24, 2.45) is 0 Å². The van der Waals surface area contributed by atoms with E-state index in [0.29, 0.717) is 4.58 Å². The van der Waals surface area contributed by atoms with E-state index in [1.807, 2.05) is 11.8 Å². The summed E-state index contributed by atoms with van der Waals surface area (Å²) in [6, 6.07) is 0. The Morgan fingerprint density at radius 3 is 2.56 bits per heavy atom. The lowest BCUT2D eigenvalue weighted by Gasteiger charge is -2.04. The fraction of sp³-hybridized carbons (Fsp3) is 1.00. The summed E-state index contributed by atoms with van der Waals surface area (Å²) >= 11 is 6.33. The van der Waals surface area contributed by atoms with Gasteiger partial charge in [-0.05, 0) is 18.6 Å². The monoisotopic (exact) mass is 164 g/mol. The molecular formula is C7H16S2. The normalized spacial score (nSPS) is 13.7. The third kappa shape index (κ3) is 6.59. The molecule has 0 saturated heterocycles. The van der Waals surface area contributed by atoms with Crippen LogP contribution in [0.25, 0.3) is 0 Å². The van der Waals surface area contributed by atoms with E-state index in [9.17, 15) is 0 Å². The van der Waals surface area contributed by atoms with Gasteiger partial charge in [-0.2, -0.15) is 12.6 Å². The summed E-state index contributed by atoms with van der Waals surface area (Å²) in [5.41, 5.74) is 0. The van der Waals surface area contributed by atoms with E-state index in [1.165, 1.54) is 25.0 Å². The first-order chi connectivity index (χ1) is 4.31. The van der Waals surface area contributed by atoms with Gasteiger partial charge in [0.2, 0.25) is 0 Å². The molecule has 2 heteroatoms. The van der Waals surface area contributed by atoms with Crippen molar-refractivity contribution >= 4 is 24.4 Å². The van der Waals surface area contributed by atoms with Gasteiger partial charge in [0.15, 0.2) is 0 Å². The highest BCUT2D eigenvalue weighted by Gasteiger charge is 1.96. The summed E-state index contributed by atoms with van der Waals surface area (Å²) in [5, 5.41) is 0. The molecule has 0 aromatic rings. The molecular weight excluding hydrogens is 148 g/mol. The number of thiol groups is 1. The molecule has 56 valence electrons. The molecule has 0 spiro atoms. The Labute approximate surface area is 68.2 Å². The quantitative estimate of drug-likeness (QED) is 0.370. The van der Waals surface area contributed by atoms with Crippen molar-refractivity contribution in [2.45, 2.75) is 37.7 Å². The summed E-state index contributed by atoms with van der Waals surface area (Å²) in [5.74, 6) is 1.28. The molecule has 0 nitrogen and oxygen atoms in total. The van der Waals surface area contributed by atoms with Crippen molar-refractivity contribution < 1.29 is 0 Å². The van der Waals surface area contributed by atoms with Gasteiger partial charge < -0.3 is 0 Å². The molecule has 0 saturated carbocycles. The summed E-state index contributed by atoms with van der Waals surface area (Å²) < 4.78 is 0.566. The van der Waals surface area contributed by atoms with Crippen LogP contribution >= 0.6 is 24.4 Å². The van der Waals surface area contributed by atoms with Crippen LogP contribution in [0, 0.1) is 0 Å². The van der Waals surface area contributed by atoms with E-state index in [-0.39, 0.29) is 0 Å². The molecule has 0 fully saturated rings. The zero-order valence-corrected chi connectivity index (χ0v) is 7.97. The number of thioether (sulfide) groups is 1. The first-order valence-electron chi connectivity index (χ1n) is 3.61. The highest BCUT2D eigenvalue weighted by atomic mass is 32.2. The molecule has 0 amide bonds. The standard InChI is InChI=1S/C7H16S2/c1-3-5-6-9-7(8)4-2/h7-8H,3-6H2,1-2H3. The van der Waals surface area contributed by atoms with Crippen LogP contribution in [0.5, 0.6) is 0 Å². The van der Waals surface area contributed by atoms with Crippen LogP contribution in [-0.4, -0.2) is 10.3 Å². The van der Waals surface area contributed by atoms with Gasteiger partial charge in [-0.15, -0.1) is 11.8 Å². The largest absolute Gasteiger partial charge is 0.165 e. The van der Waals surface area contributed by atoms with Crippen molar-refractivity contribution in [3.05, 3.63) is 0 Å². The second-order valence-corrected chi connectivity index (χ2v) is 4.37. The average molecular weight is 164 g/mol. The second kappa shape index (κ2) is 6.81. The lowest BCUT2D eigenvalue weighted by atomic mass is 10.4. The van der Waals surface area contributed by atoms with Crippen LogP contribution in [0.1, 0.15) is 33.1 Å². The van der Waals surface area contributed by atoms with Crippen LogP contribution in [0.4, 0.5) is 0 Å². The van der Waals surface area contributed by atoms with Gasteiger partial charge in [0, 0.05) is 4.58 Å². The molecule has 0 radical (unpaired) electrons. The smallest absolute Gasteiger partial charge is 0.0469 e. The molecule has 0 aromatic carbocycles. The predicted molar refractivity (Wildman–Crippen MR) is 50.4 cm³/mol. The van der Waals surface area contributed by atoms with Crippen molar-refractivity contribution in [1.29, 1.82) is 0 Å². The predicted octanol–water partition coefficient (Wildman–Crippen LogP) is 3.19. The molecule has 0 aliphatic heterocycles. The summed E-state index contributed by atoms with van der Waals surface area (Å²) in [6.07, 6.45) is 3.82. The van der Waals surface area contributed by atoms with E-state index in [4.69, 9.17) is 0 Å². The van der Waals surface area contributed by atoms with E-state index in [1.54, 1.807) is 0 Å². The zero-order valence-electron chi connectivity index (χ0n) is 6.26. The second-order valence-electron chi connectivity index (χ2n) is 2.09. The lowest BCUT2D eigenvalue weighted by Crippen LogP contribution is -1.90. The molecule has 0 heterocycles. The fourth-order valence-electron chi connectivity index (χ4n) is 0.482. The molecule has 0 aliphatic rings. The number of unbranched alkanes of at least 4 members (excludes halogenated alkanes) is 1. The number of hydrogen-bond donors (Lipinski definition) is 1. The number of rotatable bonds is 5. The van der Waals surface area contributed by atoms with Gasteiger partial charge >= 0.3 is 0 Å². The Morgan fingerprint density at radius 2 is 2.11 bits per heavy atom. The van der Waals surface area contributed by atoms with Gasteiger partial charge in [0.05, 0.1) is 0 Å². The van der Waals surface area contributed by atoms with Gasteiger partial charge in [-0.1, -0.05) is 20.3 Å². The molecule has 1 atom stereocenters. The Hall–Kier alpha value is 0.700. The van der Waals surface area contributed by atoms with Gasteiger partial charge in [0.1, 0.15) is 0 Å². The van der Waals surface area contributed by atoms with Gasteiger partial charge in [-0.25, -0.2) is 0 Å². The van der Waals surface area contributed by atoms with Crippen molar-refractivity contribution in [1.82, 2.24) is 0 Å². The van der Waals surface area contributed by atoms with Gasteiger partial charge in [-0.3, -0.25) is 0 Å². The first-order valence-corrected chi connectivity index (χ1v) is 5.17. The van der Waals surface area contributed by atoms with E-state index in [0.717, 1.165) is 0 Å². The minimum Gasteiger partial charge on any atom is -0.165 e. The maximum Gasteiger partial charge on any atom is 0.0469 e. The minimum atomic E-state index is 0.566. The third-order valence-electron chi connectivity index (χ3n) is 1.16. The van der Waals surface area contributed by atoms with Crippen LogP contribution in [0.2, 0.25) is 0 Å². The Bertz CT molecular complexity index is 54.9. The number of hydrogen-bond acceptors (Lipinski definition) is 2. The molecule has 0 aromatic heterocycles. The Kier molecular flexibility index (Phi) is 7.34. The summed E-state index contributed by atoms with van der Waals surface area (Å²) in [6.45, 7) is 4.40. The minimum absolute atomic E-state index is 0.566. The highest BCUT2D eigenvalue weighted by molar-refractivity contribution is 8.10. The van der Waals surface area contributed by atoms with Gasteiger partial charge in [0.25, 0.3) is 0 Å². The molecule has 0 N–H and O–H groups in total. The Balaban J connectivity index is 2.88. The zero-order chi connectivity index (χ0) is 7.11. The molecule has 0 bridgehead atoms. The van der Waals surface area contributed by atoms with E-state index in [2.05, 4.69) is 26.5 Å². The SMILES string of the molecule is CCCCSC(S)CC. The van der Waals surface area contributed by atoms with Crippen LogP contribution < -0.4 is 0 Å². The molecule has 9 heavy (non-hydrogen) atoms. The van der Waals surface area contributed by atoms with Crippen LogP contribution in [-0.2, 0) is 0 Å². The maximum absolute atomic E-state index is 4.37. The molecule has 0 aliphatic carbocycles. The first kappa shape index (κ1) is 9.70.